The summed E-state index contributed by atoms with van der Waals surface area (Å²) in [6.07, 6.45) is 1.19. The molecule has 7 heteroatoms. The van der Waals surface area contributed by atoms with E-state index in [4.69, 9.17) is 0 Å². The SMILES string of the molecule is C/C(=N\NC(=O)c1ccc(CN(c2ccc(C)c(C)c2)S(C)(=O)=O)cc1)c1ccc(C)cc1. The average Bonchev–Trinajstić information content (AvgIpc) is 2.77. The van der Waals surface area contributed by atoms with E-state index in [1.807, 2.05) is 64.1 Å². The molecule has 1 N–H and O–H groups in total. The van der Waals surface area contributed by atoms with Crippen LogP contribution in [0, 0.1) is 20.8 Å². The monoisotopic (exact) mass is 463 g/mol. The summed E-state index contributed by atoms with van der Waals surface area (Å²) in [7, 11) is -3.48. The van der Waals surface area contributed by atoms with Crippen molar-refractivity contribution in [1.29, 1.82) is 0 Å². The zero-order valence-electron chi connectivity index (χ0n) is 19.6. The highest BCUT2D eigenvalue weighted by atomic mass is 32.2. The number of carbonyl (C=O) groups is 1. The van der Waals surface area contributed by atoms with E-state index >= 15 is 0 Å². The predicted molar refractivity (Wildman–Crippen MR) is 134 cm³/mol. The molecule has 6 nitrogen and oxygen atoms in total. The van der Waals surface area contributed by atoms with Crippen molar-refractivity contribution < 1.29 is 13.2 Å². The Kier molecular flexibility index (Phi) is 7.33. The lowest BCUT2D eigenvalue weighted by Crippen LogP contribution is -2.29. The minimum absolute atomic E-state index is 0.175. The molecular formula is C26H29N3O3S. The quantitative estimate of drug-likeness (QED) is 0.406. The standard InChI is InChI=1S/C26H29N3O3S/c1-18-6-11-23(12-7-18)21(4)27-28-26(30)24-13-9-22(10-14-24)17-29(33(5,31)32)25-15-8-19(2)20(3)16-25/h6-16H,17H2,1-5H3,(H,28,30)/b27-21+. The van der Waals surface area contributed by atoms with E-state index in [9.17, 15) is 13.2 Å². The van der Waals surface area contributed by atoms with E-state index in [0.717, 1.165) is 27.8 Å². The van der Waals surface area contributed by atoms with Gasteiger partial charge in [0.15, 0.2) is 0 Å². The third-order valence-corrected chi connectivity index (χ3v) is 6.66. The van der Waals surface area contributed by atoms with E-state index in [1.54, 1.807) is 30.3 Å². The molecule has 0 saturated heterocycles. The first-order chi connectivity index (χ1) is 15.5. The first kappa shape index (κ1) is 24.2. The molecule has 3 rings (SSSR count). The lowest BCUT2D eigenvalue weighted by Gasteiger charge is -2.23. The summed E-state index contributed by atoms with van der Waals surface area (Å²) in [6.45, 7) is 7.96. The molecule has 0 spiro atoms. The molecule has 0 aromatic heterocycles. The molecule has 1 amide bonds. The van der Waals surface area contributed by atoms with Crippen molar-refractivity contribution >= 4 is 27.3 Å². The maximum Gasteiger partial charge on any atom is 0.271 e. The number of nitrogens with one attached hydrogen (secondary N) is 1. The number of carbonyl (C=O) groups excluding carboxylic acids is 1. The summed E-state index contributed by atoms with van der Waals surface area (Å²) < 4.78 is 26.2. The number of amides is 1. The van der Waals surface area contributed by atoms with E-state index in [-0.39, 0.29) is 12.5 Å². The van der Waals surface area contributed by atoms with Crippen molar-refractivity contribution in [3.63, 3.8) is 0 Å². The second-order valence-electron chi connectivity index (χ2n) is 8.24. The van der Waals surface area contributed by atoms with Gasteiger partial charge in [-0.15, -0.1) is 0 Å². The van der Waals surface area contributed by atoms with Gasteiger partial charge in [0.25, 0.3) is 5.91 Å². The molecule has 0 atom stereocenters. The number of rotatable bonds is 7. The topological polar surface area (TPSA) is 78.8 Å². The molecule has 0 unspecified atom stereocenters. The second kappa shape index (κ2) is 10.0. The maximum absolute atomic E-state index is 12.5. The number of hydrogen-bond acceptors (Lipinski definition) is 4. The average molecular weight is 464 g/mol. The Hall–Kier alpha value is -3.45. The molecule has 3 aromatic rings. The number of sulfonamides is 1. The summed E-state index contributed by atoms with van der Waals surface area (Å²) in [4.78, 5) is 12.5. The molecular weight excluding hydrogens is 434 g/mol. The zero-order chi connectivity index (χ0) is 24.2. The highest BCUT2D eigenvalue weighted by Crippen LogP contribution is 2.23. The van der Waals surface area contributed by atoms with Gasteiger partial charge < -0.3 is 0 Å². The van der Waals surface area contributed by atoms with E-state index in [0.29, 0.717) is 17.0 Å². The lowest BCUT2D eigenvalue weighted by molar-refractivity contribution is 0.0955. The molecule has 0 fully saturated rings. The fourth-order valence-corrected chi connectivity index (χ4v) is 4.15. The second-order valence-corrected chi connectivity index (χ2v) is 10.1. The van der Waals surface area contributed by atoms with Crippen LogP contribution in [-0.4, -0.2) is 26.3 Å². The van der Waals surface area contributed by atoms with Crippen molar-refractivity contribution in [2.75, 3.05) is 10.6 Å². The number of nitrogens with zero attached hydrogens (tertiary/aromatic N) is 2. The number of anilines is 1. The maximum atomic E-state index is 12.5. The Balaban J connectivity index is 1.72. The number of hydrogen-bond donors (Lipinski definition) is 1. The first-order valence-corrected chi connectivity index (χ1v) is 12.4. The zero-order valence-corrected chi connectivity index (χ0v) is 20.4. The Morgan fingerprint density at radius 3 is 2.06 bits per heavy atom. The Labute approximate surface area is 196 Å². The van der Waals surface area contributed by atoms with E-state index in [1.165, 1.54) is 10.6 Å². The van der Waals surface area contributed by atoms with Crippen molar-refractivity contribution in [1.82, 2.24) is 5.43 Å². The Morgan fingerprint density at radius 1 is 0.879 bits per heavy atom. The normalized spacial score (nSPS) is 11.8. The molecule has 0 aliphatic heterocycles. The summed E-state index contributed by atoms with van der Waals surface area (Å²) in [5.74, 6) is -0.331. The minimum atomic E-state index is -3.48. The van der Waals surface area contributed by atoms with E-state index < -0.39 is 10.0 Å². The van der Waals surface area contributed by atoms with Crippen molar-refractivity contribution in [3.05, 3.63) is 100 Å². The molecule has 0 heterocycles. The first-order valence-electron chi connectivity index (χ1n) is 10.6. The third-order valence-electron chi connectivity index (χ3n) is 5.52. The molecule has 33 heavy (non-hydrogen) atoms. The summed E-state index contributed by atoms with van der Waals surface area (Å²) in [5.41, 5.74) is 9.32. The summed E-state index contributed by atoms with van der Waals surface area (Å²) in [6, 6.07) is 20.3. The van der Waals surface area contributed by atoms with Crippen LogP contribution in [0.1, 0.15) is 45.1 Å². The molecule has 0 radical (unpaired) electrons. The summed E-state index contributed by atoms with van der Waals surface area (Å²) in [5, 5.41) is 4.19. The molecule has 172 valence electrons. The third kappa shape index (κ3) is 6.29. The fraction of sp³-hybridized carbons (Fsp3) is 0.231. The highest BCUT2D eigenvalue weighted by Gasteiger charge is 2.18. The Bertz CT molecular complexity index is 1280. The predicted octanol–water partition coefficient (Wildman–Crippen LogP) is 4.73. The van der Waals surface area contributed by atoms with Gasteiger partial charge in [0.2, 0.25) is 10.0 Å². The highest BCUT2D eigenvalue weighted by molar-refractivity contribution is 7.92. The van der Waals surface area contributed by atoms with Gasteiger partial charge in [0.1, 0.15) is 0 Å². The van der Waals surface area contributed by atoms with Crippen molar-refractivity contribution in [3.8, 4) is 0 Å². The molecule has 0 aliphatic carbocycles. The number of aryl methyl sites for hydroxylation is 3. The van der Waals surface area contributed by atoms with Crippen LogP contribution in [0.25, 0.3) is 0 Å². The molecule has 0 aliphatic rings. The van der Waals surface area contributed by atoms with Gasteiger partial charge in [-0.05, 0) is 74.2 Å². The summed E-state index contributed by atoms with van der Waals surface area (Å²) >= 11 is 0. The van der Waals surface area contributed by atoms with Crippen LogP contribution in [0.5, 0.6) is 0 Å². The fourth-order valence-electron chi connectivity index (χ4n) is 3.27. The Morgan fingerprint density at radius 2 is 1.48 bits per heavy atom. The van der Waals surface area contributed by atoms with Crippen LogP contribution in [-0.2, 0) is 16.6 Å². The lowest BCUT2D eigenvalue weighted by atomic mass is 10.1. The van der Waals surface area contributed by atoms with Gasteiger partial charge in [-0.1, -0.05) is 48.0 Å². The smallest absolute Gasteiger partial charge is 0.267 e. The van der Waals surface area contributed by atoms with Gasteiger partial charge in [-0.2, -0.15) is 5.10 Å². The van der Waals surface area contributed by atoms with Crippen LogP contribution in [0.2, 0.25) is 0 Å². The van der Waals surface area contributed by atoms with Crippen LogP contribution in [0.15, 0.2) is 71.8 Å². The largest absolute Gasteiger partial charge is 0.271 e. The van der Waals surface area contributed by atoms with Gasteiger partial charge in [0, 0.05) is 5.56 Å². The van der Waals surface area contributed by atoms with Crippen LogP contribution in [0.3, 0.4) is 0 Å². The molecule has 3 aromatic carbocycles. The van der Waals surface area contributed by atoms with Gasteiger partial charge in [-0.3, -0.25) is 9.10 Å². The molecule has 0 saturated carbocycles. The van der Waals surface area contributed by atoms with Crippen molar-refractivity contribution in [2.45, 2.75) is 34.2 Å². The number of hydrazone groups is 1. The van der Waals surface area contributed by atoms with Gasteiger partial charge >= 0.3 is 0 Å². The van der Waals surface area contributed by atoms with Gasteiger partial charge in [-0.25, -0.2) is 13.8 Å². The van der Waals surface area contributed by atoms with Crippen LogP contribution >= 0.6 is 0 Å². The van der Waals surface area contributed by atoms with Crippen molar-refractivity contribution in [2.24, 2.45) is 5.10 Å². The van der Waals surface area contributed by atoms with E-state index in [2.05, 4.69) is 10.5 Å². The molecule has 0 bridgehead atoms. The number of benzene rings is 3. The van der Waals surface area contributed by atoms with Gasteiger partial charge in [0.05, 0.1) is 24.2 Å². The minimum Gasteiger partial charge on any atom is -0.267 e. The van der Waals surface area contributed by atoms with Crippen LogP contribution < -0.4 is 9.73 Å². The van der Waals surface area contributed by atoms with Crippen LogP contribution in [0.4, 0.5) is 5.69 Å².